The van der Waals surface area contributed by atoms with Gasteiger partial charge in [-0.15, -0.1) is 5.10 Å². The van der Waals surface area contributed by atoms with E-state index in [1.807, 2.05) is 36.4 Å². The number of hydrogen-bond acceptors (Lipinski definition) is 8. The lowest BCUT2D eigenvalue weighted by Crippen LogP contribution is -2.59. The molecule has 0 saturated carbocycles. The van der Waals surface area contributed by atoms with E-state index in [-0.39, 0.29) is 43.5 Å². The highest BCUT2D eigenvalue weighted by Gasteiger charge is 2.40. The Morgan fingerprint density at radius 2 is 1.77 bits per heavy atom. The van der Waals surface area contributed by atoms with Gasteiger partial charge in [0.2, 0.25) is 17.7 Å². The number of likely N-dealkylation sites (tertiary alicyclic amines) is 1. The maximum Gasteiger partial charge on any atom is 0.243 e. The van der Waals surface area contributed by atoms with Crippen LogP contribution in [-0.2, 0) is 45.1 Å². The molecule has 5 heterocycles. The summed E-state index contributed by atoms with van der Waals surface area (Å²) in [5, 5.41) is 17.7. The maximum atomic E-state index is 13.6. The van der Waals surface area contributed by atoms with Crippen molar-refractivity contribution in [3.05, 3.63) is 77.4 Å². The number of pyridine rings is 1. The molecular formula is C32H40N8O4. The minimum Gasteiger partial charge on any atom is -0.381 e. The monoisotopic (exact) mass is 600 g/mol. The van der Waals surface area contributed by atoms with Gasteiger partial charge in [-0.1, -0.05) is 35.5 Å². The van der Waals surface area contributed by atoms with Crippen molar-refractivity contribution in [1.82, 2.24) is 40.8 Å². The van der Waals surface area contributed by atoms with E-state index in [2.05, 4.69) is 36.1 Å². The second kappa shape index (κ2) is 13.6. The van der Waals surface area contributed by atoms with Gasteiger partial charge in [0.25, 0.3) is 0 Å². The molecule has 12 nitrogen and oxygen atoms in total. The van der Waals surface area contributed by atoms with Crippen LogP contribution in [0, 0.1) is 0 Å². The van der Waals surface area contributed by atoms with Crippen LogP contribution < -0.4 is 16.0 Å². The third-order valence-corrected chi connectivity index (χ3v) is 9.01. The number of amides is 3. The molecule has 2 fully saturated rings. The normalized spacial score (nSPS) is 22.1. The predicted molar refractivity (Wildman–Crippen MR) is 161 cm³/mol. The average molecular weight is 601 g/mol. The van der Waals surface area contributed by atoms with E-state index in [0.717, 1.165) is 55.8 Å². The molecule has 0 bridgehead atoms. The summed E-state index contributed by atoms with van der Waals surface area (Å²) in [6.45, 7) is 3.86. The summed E-state index contributed by atoms with van der Waals surface area (Å²) in [6.07, 6.45) is 9.05. The molecule has 3 aliphatic rings. The number of rotatable bonds is 5. The molecule has 232 valence electrons. The minimum atomic E-state index is -0.853. The van der Waals surface area contributed by atoms with Crippen molar-refractivity contribution >= 4 is 17.7 Å². The van der Waals surface area contributed by atoms with Crippen LogP contribution in [0.5, 0.6) is 0 Å². The molecule has 1 aromatic carbocycles. The van der Waals surface area contributed by atoms with E-state index in [4.69, 9.17) is 4.74 Å². The molecule has 0 radical (unpaired) electrons. The molecular weight excluding hydrogens is 560 g/mol. The van der Waals surface area contributed by atoms with E-state index in [9.17, 15) is 14.4 Å². The SMILES string of the molecule is O=C1CC2(CCN(C3CCOCC3)CC2)NC(=O)Cc2ccccc2CNC(=O)[C@@H](Cc2cn(Cc3cccnc3)nn2)N1. The van der Waals surface area contributed by atoms with Gasteiger partial charge in [0.1, 0.15) is 6.04 Å². The van der Waals surface area contributed by atoms with Crippen molar-refractivity contribution in [2.75, 3.05) is 26.3 Å². The van der Waals surface area contributed by atoms with Gasteiger partial charge in [-0.3, -0.25) is 19.4 Å². The highest BCUT2D eigenvalue weighted by atomic mass is 16.5. The summed E-state index contributed by atoms with van der Waals surface area (Å²) < 4.78 is 7.25. The summed E-state index contributed by atoms with van der Waals surface area (Å²) >= 11 is 0. The number of ether oxygens (including phenoxy) is 1. The van der Waals surface area contributed by atoms with Crippen LogP contribution >= 0.6 is 0 Å². The standard InChI is InChI=1S/C32H40N8O4/c41-29-16-24-5-1-2-6-25(24)20-34-31(43)28(17-26-22-40(38-37-26)21-23-4-3-11-33-19-23)35-30(42)18-32(36-29)9-12-39(13-10-32)27-7-14-44-15-8-27/h1-6,11,19,22,27-28H,7-10,12-18,20-21H2,(H,34,43)(H,35,42)(H,36,41)/t28-/m1/s1. The van der Waals surface area contributed by atoms with Crippen molar-refractivity contribution in [3.8, 4) is 0 Å². The van der Waals surface area contributed by atoms with Crippen molar-refractivity contribution in [2.24, 2.45) is 0 Å². The lowest BCUT2D eigenvalue weighted by molar-refractivity contribution is -0.131. The summed E-state index contributed by atoms with van der Waals surface area (Å²) in [5.74, 6) is -0.696. The van der Waals surface area contributed by atoms with Gasteiger partial charge in [0.15, 0.2) is 0 Å². The first-order chi connectivity index (χ1) is 21.4. The van der Waals surface area contributed by atoms with Crippen LogP contribution in [0.3, 0.4) is 0 Å². The predicted octanol–water partition coefficient (Wildman–Crippen LogP) is 1.14. The summed E-state index contributed by atoms with van der Waals surface area (Å²) in [6, 6.07) is 11.1. The third kappa shape index (κ3) is 7.48. The first kappa shape index (κ1) is 29.9. The second-order valence-electron chi connectivity index (χ2n) is 12.1. The van der Waals surface area contributed by atoms with Crippen molar-refractivity contribution in [3.63, 3.8) is 0 Å². The Hall–Kier alpha value is -4.16. The molecule has 0 unspecified atom stereocenters. The molecule has 12 heteroatoms. The van der Waals surface area contributed by atoms with Gasteiger partial charge in [-0.2, -0.15) is 0 Å². The van der Waals surface area contributed by atoms with Crippen LogP contribution in [0.25, 0.3) is 0 Å². The summed E-state index contributed by atoms with van der Waals surface area (Å²) in [5.41, 5.74) is 2.59. The van der Waals surface area contributed by atoms with Crippen LogP contribution in [0.4, 0.5) is 0 Å². The van der Waals surface area contributed by atoms with Gasteiger partial charge in [0.05, 0.1) is 24.2 Å². The number of piperidine rings is 1. The fourth-order valence-electron chi connectivity index (χ4n) is 6.59. The van der Waals surface area contributed by atoms with Crippen LogP contribution in [0.15, 0.2) is 55.0 Å². The number of carbonyl (C=O) groups is 3. The highest BCUT2D eigenvalue weighted by Crippen LogP contribution is 2.30. The number of aromatic nitrogens is 4. The lowest BCUT2D eigenvalue weighted by Gasteiger charge is -2.45. The Balaban J connectivity index is 1.21. The fourth-order valence-corrected chi connectivity index (χ4v) is 6.59. The lowest BCUT2D eigenvalue weighted by atomic mass is 9.82. The average Bonchev–Trinajstić information content (AvgIpc) is 3.47. The van der Waals surface area contributed by atoms with Gasteiger partial charge in [-0.25, -0.2) is 4.68 Å². The largest absolute Gasteiger partial charge is 0.381 e. The molecule has 0 aliphatic carbocycles. The van der Waals surface area contributed by atoms with Crippen LogP contribution in [0.2, 0.25) is 0 Å². The Morgan fingerprint density at radius 3 is 2.55 bits per heavy atom. The Labute approximate surface area is 256 Å². The zero-order chi connectivity index (χ0) is 30.4. The Morgan fingerprint density at radius 1 is 0.977 bits per heavy atom. The summed E-state index contributed by atoms with van der Waals surface area (Å²) in [7, 11) is 0. The number of fused-ring (bicyclic) bond motifs is 1. The van der Waals surface area contributed by atoms with Gasteiger partial charge in [0, 0.05) is 70.3 Å². The van der Waals surface area contributed by atoms with E-state index in [0.29, 0.717) is 31.1 Å². The number of hydrogen-bond donors (Lipinski definition) is 3. The van der Waals surface area contributed by atoms with Crippen molar-refractivity contribution < 1.29 is 19.1 Å². The molecule has 2 aromatic heterocycles. The second-order valence-corrected chi connectivity index (χ2v) is 12.1. The molecule has 44 heavy (non-hydrogen) atoms. The molecule has 3 aliphatic heterocycles. The van der Waals surface area contributed by atoms with Gasteiger partial charge >= 0.3 is 0 Å². The zero-order valence-corrected chi connectivity index (χ0v) is 24.9. The molecule has 1 atom stereocenters. The number of nitrogens with one attached hydrogen (secondary N) is 3. The van der Waals surface area contributed by atoms with Crippen LogP contribution in [-0.4, -0.2) is 86.5 Å². The molecule has 3 N–H and O–H groups in total. The number of nitrogens with zero attached hydrogens (tertiary/aromatic N) is 5. The van der Waals surface area contributed by atoms with E-state index < -0.39 is 11.6 Å². The zero-order valence-electron chi connectivity index (χ0n) is 24.9. The Bertz CT molecular complexity index is 1450. The maximum absolute atomic E-state index is 13.6. The third-order valence-electron chi connectivity index (χ3n) is 9.01. The first-order valence-corrected chi connectivity index (χ1v) is 15.5. The summed E-state index contributed by atoms with van der Waals surface area (Å²) in [4.78, 5) is 47.2. The highest BCUT2D eigenvalue weighted by molar-refractivity contribution is 5.89. The van der Waals surface area contributed by atoms with E-state index in [1.165, 1.54) is 0 Å². The molecule has 1 spiro atoms. The quantitative estimate of drug-likeness (QED) is 0.396. The molecule has 6 rings (SSSR count). The Kier molecular flexibility index (Phi) is 9.27. The molecule has 2 saturated heterocycles. The van der Waals surface area contributed by atoms with Crippen molar-refractivity contribution in [2.45, 2.75) is 75.7 Å². The molecule has 3 amide bonds. The molecule has 3 aromatic rings. The van der Waals surface area contributed by atoms with E-state index >= 15 is 0 Å². The van der Waals surface area contributed by atoms with E-state index in [1.54, 1.807) is 23.3 Å². The van der Waals surface area contributed by atoms with Crippen LogP contribution in [0.1, 0.15) is 54.5 Å². The number of carbonyl (C=O) groups excluding carboxylic acids is 3. The first-order valence-electron chi connectivity index (χ1n) is 15.5. The minimum absolute atomic E-state index is 0.0967. The van der Waals surface area contributed by atoms with Gasteiger partial charge in [-0.05, 0) is 48.4 Å². The smallest absolute Gasteiger partial charge is 0.243 e. The van der Waals surface area contributed by atoms with Gasteiger partial charge < -0.3 is 25.6 Å². The fraction of sp³-hybridized carbons (Fsp3) is 0.500. The topological polar surface area (TPSA) is 143 Å². The number of benzene rings is 1. The van der Waals surface area contributed by atoms with Crippen molar-refractivity contribution in [1.29, 1.82) is 0 Å².